The van der Waals surface area contributed by atoms with Gasteiger partial charge in [0.1, 0.15) is 5.75 Å². The molecule has 1 aliphatic rings. The number of rotatable bonds is 4. The number of benzene rings is 2. The second-order valence-corrected chi connectivity index (χ2v) is 7.38. The number of amides is 1. The summed E-state index contributed by atoms with van der Waals surface area (Å²) in [7, 11) is -4.12. The lowest BCUT2D eigenvalue weighted by molar-refractivity contribution is -0.130. The van der Waals surface area contributed by atoms with Crippen LogP contribution in [0.15, 0.2) is 53.6 Å². The van der Waals surface area contributed by atoms with Crippen LogP contribution in [0.5, 0.6) is 5.75 Å². The van der Waals surface area contributed by atoms with E-state index in [4.69, 9.17) is 20.9 Å². The molecule has 1 unspecified atom stereocenters. The molecule has 0 fully saturated rings. The fraction of sp³-hybridized carbons (Fsp3) is 0.176. The van der Waals surface area contributed by atoms with E-state index in [0.29, 0.717) is 22.7 Å². The lowest BCUT2D eigenvalue weighted by atomic mass is 9.98. The van der Waals surface area contributed by atoms with Crippen molar-refractivity contribution in [3.05, 3.63) is 64.7 Å². The third-order valence-corrected chi connectivity index (χ3v) is 4.51. The fourth-order valence-electron chi connectivity index (χ4n) is 2.81. The van der Waals surface area contributed by atoms with Crippen molar-refractivity contribution < 1.29 is 17.4 Å². The number of hydrogen-bond acceptors (Lipinski definition) is 5. The van der Waals surface area contributed by atoms with Gasteiger partial charge in [-0.05, 0) is 29.8 Å². The maximum absolute atomic E-state index is 12.0. The number of hydrogen-bond donors (Lipinski definition) is 1. The molecule has 136 valence electrons. The van der Waals surface area contributed by atoms with Crippen molar-refractivity contribution >= 4 is 33.5 Å². The number of halogens is 1. The quantitative estimate of drug-likeness (QED) is 0.862. The monoisotopic (exact) mass is 393 g/mol. The maximum atomic E-state index is 12.0. The number of nitrogens with two attached hydrogens (primary N) is 1. The van der Waals surface area contributed by atoms with Crippen LogP contribution >= 0.6 is 11.6 Å². The molecule has 1 atom stereocenters. The van der Waals surface area contributed by atoms with Crippen LogP contribution in [0, 0.1) is 0 Å². The van der Waals surface area contributed by atoms with E-state index >= 15 is 0 Å². The standard InChI is InChI=1S/C17H16ClN3O4S/c1-11(22)21-17(13-5-2-6-14(18)8-13)10-16(20-21)12-4-3-7-15(9-12)25-26(19,23)24/h2-9,17H,10H2,1H3,(H2,19,23,24). The molecule has 1 aliphatic heterocycles. The molecule has 2 N–H and O–H groups in total. The topological polar surface area (TPSA) is 102 Å². The van der Waals surface area contributed by atoms with Crippen molar-refractivity contribution in [1.29, 1.82) is 0 Å². The van der Waals surface area contributed by atoms with Crippen molar-refractivity contribution in [2.75, 3.05) is 0 Å². The summed E-state index contributed by atoms with van der Waals surface area (Å²) in [5.41, 5.74) is 2.13. The molecule has 0 aromatic heterocycles. The Morgan fingerprint density at radius 1 is 1.27 bits per heavy atom. The molecule has 1 heterocycles. The SMILES string of the molecule is CC(=O)N1N=C(c2cccc(OS(N)(=O)=O)c2)CC1c1cccc(Cl)c1. The smallest absolute Gasteiger partial charge is 0.371 e. The molecule has 9 heteroatoms. The predicted octanol–water partition coefficient (Wildman–Crippen LogP) is 2.62. The van der Waals surface area contributed by atoms with Gasteiger partial charge in [-0.1, -0.05) is 35.9 Å². The number of carbonyl (C=O) groups is 1. The van der Waals surface area contributed by atoms with Gasteiger partial charge in [0.2, 0.25) is 5.91 Å². The van der Waals surface area contributed by atoms with Gasteiger partial charge in [-0.25, -0.2) is 5.01 Å². The first kappa shape index (κ1) is 18.4. The second kappa shape index (κ2) is 7.06. The number of nitrogens with zero attached hydrogens (tertiary/aromatic N) is 2. The summed E-state index contributed by atoms with van der Waals surface area (Å²) in [6.45, 7) is 1.44. The molecule has 2 aromatic carbocycles. The first-order valence-corrected chi connectivity index (χ1v) is 9.53. The normalized spacial score (nSPS) is 17.1. The molecule has 0 spiro atoms. The van der Waals surface area contributed by atoms with E-state index in [1.54, 1.807) is 24.3 Å². The van der Waals surface area contributed by atoms with Crippen molar-refractivity contribution in [1.82, 2.24) is 5.01 Å². The zero-order valence-electron chi connectivity index (χ0n) is 13.8. The van der Waals surface area contributed by atoms with Crippen LogP contribution in [0.2, 0.25) is 5.02 Å². The Kier molecular flexibility index (Phi) is 4.99. The fourth-order valence-corrected chi connectivity index (χ4v) is 3.38. The molecule has 0 aliphatic carbocycles. The summed E-state index contributed by atoms with van der Waals surface area (Å²) in [4.78, 5) is 12.0. The minimum atomic E-state index is -4.12. The molecule has 0 saturated heterocycles. The Morgan fingerprint density at radius 2 is 2.00 bits per heavy atom. The minimum Gasteiger partial charge on any atom is -0.371 e. The molecule has 2 aromatic rings. The Balaban J connectivity index is 1.93. The Hall–Kier alpha value is -2.42. The highest BCUT2D eigenvalue weighted by molar-refractivity contribution is 7.84. The summed E-state index contributed by atoms with van der Waals surface area (Å²) in [6.07, 6.45) is 0.457. The van der Waals surface area contributed by atoms with Gasteiger partial charge in [-0.2, -0.15) is 18.7 Å². The summed E-state index contributed by atoms with van der Waals surface area (Å²) in [6, 6.07) is 13.3. The molecule has 0 bridgehead atoms. The highest BCUT2D eigenvalue weighted by atomic mass is 35.5. The summed E-state index contributed by atoms with van der Waals surface area (Å²) in [5.74, 6) is -0.129. The van der Waals surface area contributed by atoms with Crippen molar-refractivity contribution in [2.45, 2.75) is 19.4 Å². The zero-order chi connectivity index (χ0) is 18.9. The zero-order valence-corrected chi connectivity index (χ0v) is 15.4. The van der Waals surface area contributed by atoms with Gasteiger partial charge in [0.25, 0.3) is 0 Å². The molecule has 1 amide bonds. The van der Waals surface area contributed by atoms with Gasteiger partial charge in [-0.15, -0.1) is 0 Å². The largest absolute Gasteiger partial charge is 0.380 e. The first-order valence-electron chi connectivity index (χ1n) is 7.68. The Bertz CT molecular complexity index is 991. The lowest BCUT2D eigenvalue weighted by Crippen LogP contribution is -2.24. The molecule has 0 radical (unpaired) electrons. The van der Waals surface area contributed by atoms with E-state index in [2.05, 4.69) is 5.10 Å². The van der Waals surface area contributed by atoms with E-state index in [9.17, 15) is 13.2 Å². The highest BCUT2D eigenvalue weighted by Crippen LogP contribution is 2.34. The van der Waals surface area contributed by atoms with Gasteiger partial charge < -0.3 is 4.18 Å². The summed E-state index contributed by atoms with van der Waals surface area (Å²) in [5, 5.41) is 11.3. The molecule has 7 nitrogen and oxygen atoms in total. The van der Waals surface area contributed by atoms with Gasteiger partial charge >= 0.3 is 10.3 Å². The number of carbonyl (C=O) groups excluding carboxylic acids is 1. The third kappa shape index (κ3) is 4.21. The Morgan fingerprint density at radius 3 is 2.65 bits per heavy atom. The van der Waals surface area contributed by atoms with Gasteiger partial charge in [0.05, 0.1) is 11.8 Å². The average molecular weight is 394 g/mol. The van der Waals surface area contributed by atoms with E-state index in [1.165, 1.54) is 24.1 Å². The van der Waals surface area contributed by atoms with Crippen LogP contribution in [0.1, 0.15) is 30.5 Å². The van der Waals surface area contributed by atoms with Gasteiger partial charge in [0.15, 0.2) is 0 Å². The van der Waals surface area contributed by atoms with Crippen LogP contribution in [0.25, 0.3) is 0 Å². The van der Waals surface area contributed by atoms with E-state index in [0.717, 1.165) is 5.56 Å². The van der Waals surface area contributed by atoms with Crippen molar-refractivity contribution in [2.24, 2.45) is 10.2 Å². The highest BCUT2D eigenvalue weighted by Gasteiger charge is 2.31. The summed E-state index contributed by atoms with van der Waals surface area (Å²) >= 11 is 6.06. The molecular weight excluding hydrogens is 378 g/mol. The van der Waals surface area contributed by atoms with E-state index < -0.39 is 10.3 Å². The summed E-state index contributed by atoms with van der Waals surface area (Å²) < 4.78 is 26.9. The van der Waals surface area contributed by atoms with Crippen LogP contribution in [0.4, 0.5) is 0 Å². The Labute approximate surface area is 156 Å². The van der Waals surface area contributed by atoms with E-state index in [1.807, 2.05) is 12.1 Å². The molecule has 26 heavy (non-hydrogen) atoms. The number of hydrazone groups is 1. The van der Waals surface area contributed by atoms with Crippen molar-refractivity contribution in [3.8, 4) is 5.75 Å². The maximum Gasteiger partial charge on any atom is 0.380 e. The second-order valence-electron chi connectivity index (χ2n) is 5.79. The van der Waals surface area contributed by atoms with E-state index in [-0.39, 0.29) is 17.7 Å². The molecular formula is C17H16ClN3O4S. The van der Waals surface area contributed by atoms with Crippen LogP contribution in [-0.2, 0) is 15.1 Å². The third-order valence-electron chi connectivity index (χ3n) is 3.85. The van der Waals surface area contributed by atoms with Crippen LogP contribution in [-0.4, -0.2) is 25.0 Å². The predicted molar refractivity (Wildman–Crippen MR) is 98.0 cm³/mol. The van der Waals surface area contributed by atoms with Gasteiger partial charge in [0, 0.05) is 23.9 Å². The van der Waals surface area contributed by atoms with Crippen LogP contribution in [0.3, 0.4) is 0 Å². The van der Waals surface area contributed by atoms with Crippen LogP contribution < -0.4 is 9.32 Å². The lowest BCUT2D eigenvalue weighted by Gasteiger charge is -2.20. The first-order chi connectivity index (χ1) is 12.2. The average Bonchev–Trinajstić information content (AvgIpc) is 2.99. The van der Waals surface area contributed by atoms with Gasteiger partial charge in [-0.3, -0.25) is 4.79 Å². The minimum absolute atomic E-state index is 0.0771. The van der Waals surface area contributed by atoms with Crippen molar-refractivity contribution in [3.63, 3.8) is 0 Å². The molecule has 0 saturated carbocycles. The molecule has 3 rings (SSSR count).